The number of fused-ring (bicyclic) bond motifs is 3. The first-order valence-corrected chi connectivity index (χ1v) is 8.57. The van der Waals surface area contributed by atoms with Crippen LogP contribution in [0.1, 0.15) is 40.9 Å². The first kappa shape index (κ1) is 17.5. The first-order valence-electron chi connectivity index (χ1n) is 8.57. The van der Waals surface area contributed by atoms with Gasteiger partial charge in [-0.2, -0.15) is 10.5 Å². The minimum Gasteiger partial charge on any atom is -0.859 e. The number of nitrogens with zero attached hydrogens (tertiary/aromatic N) is 3. The van der Waals surface area contributed by atoms with Gasteiger partial charge >= 0.3 is 0 Å². The lowest BCUT2D eigenvalue weighted by atomic mass is 10.1. The summed E-state index contributed by atoms with van der Waals surface area (Å²) in [6.07, 6.45) is 5.56. The van der Waals surface area contributed by atoms with Gasteiger partial charge in [0.15, 0.2) is 0 Å². The second-order valence-electron chi connectivity index (χ2n) is 6.18. The van der Waals surface area contributed by atoms with Crippen LogP contribution in [0.5, 0.6) is 5.88 Å². The van der Waals surface area contributed by atoms with Gasteiger partial charge in [0.05, 0.1) is 24.5 Å². The fourth-order valence-corrected chi connectivity index (χ4v) is 3.16. The molecule has 26 heavy (non-hydrogen) atoms. The fourth-order valence-electron chi connectivity index (χ4n) is 3.16. The van der Waals surface area contributed by atoms with E-state index in [9.17, 15) is 9.90 Å². The fraction of sp³-hybridized carbons (Fsp3) is 0.250. The standard InChI is InChI=1S/C15H7N3O2.C5H11N/c16-7-9(8-17)5-10-6-13-14(19)11-3-1-2-4-12(11)18(13)15(10)20;1-2-4-6-5-3-1/h1-6,20H;6H,1-5H2. The number of hydrogen-bond acceptors (Lipinski definition) is 4. The molecule has 2 aromatic rings. The molecule has 130 valence electrons. The zero-order valence-corrected chi connectivity index (χ0v) is 14.2. The Morgan fingerprint density at radius 1 is 1.15 bits per heavy atom. The molecule has 0 spiro atoms. The van der Waals surface area contributed by atoms with Crippen molar-refractivity contribution in [1.82, 2.24) is 4.57 Å². The maximum Gasteiger partial charge on any atom is 0.211 e. The smallest absolute Gasteiger partial charge is 0.211 e. The lowest BCUT2D eigenvalue weighted by molar-refractivity contribution is -0.662. The maximum absolute atomic E-state index is 12.3. The molecule has 1 fully saturated rings. The van der Waals surface area contributed by atoms with Gasteiger partial charge in [0.25, 0.3) is 0 Å². The van der Waals surface area contributed by atoms with E-state index in [4.69, 9.17) is 10.5 Å². The van der Waals surface area contributed by atoms with Crippen LogP contribution in [0.15, 0.2) is 35.9 Å². The lowest BCUT2D eigenvalue weighted by Crippen LogP contribution is -2.85. The normalized spacial score (nSPS) is 14.2. The number of aromatic nitrogens is 1. The van der Waals surface area contributed by atoms with Crippen molar-refractivity contribution in [2.45, 2.75) is 19.3 Å². The van der Waals surface area contributed by atoms with Gasteiger partial charge in [-0.05, 0) is 55.0 Å². The summed E-state index contributed by atoms with van der Waals surface area (Å²) in [4.78, 5) is 12.2. The molecule has 4 rings (SSSR count). The molecular weight excluding hydrogens is 328 g/mol. The molecule has 0 atom stereocenters. The zero-order chi connectivity index (χ0) is 18.5. The molecule has 1 aromatic heterocycles. The number of nitrogens with two attached hydrogens (primary N) is 1. The summed E-state index contributed by atoms with van der Waals surface area (Å²) in [5.74, 6) is -0.630. The molecule has 0 unspecified atom stereocenters. The quantitative estimate of drug-likeness (QED) is 0.669. The number of rotatable bonds is 1. The highest BCUT2D eigenvalue weighted by molar-refractivity contribution is 6.14. The van der Waals surface area contributed by atoms with Crippen LogP contribution in [0.25, 0.3) is 11.8 Å². The number of benzene rings is 1. The van der Waals surface area contributed by atoms with Crippen molar-refractivity contribution < 1.29 is 15.2 Å². The number of para-hydroxylation sites is 1. The molecule has 6 nitrogen and oxygen atoms in total. The largest absolute Gasteiger partial charge is 0.859 e. The molecule has 3 heterocycles. The van der Waals surface area contributed by atoms with Crippen molar-refractivity contribution in [2.75, 3.05) is 13.1 Å². The number of carbonyl (C=O) groups is 1. The van der Waals surface area contributed by atoms with Gasteiger partial charge in [-0.3, -0.25) is 4.79 Å². The van der Waals surface area contributed by atoms with Crippen LogP contribution in [0, 0.1) is 22.7 Å². The monoisotopic (exact) mass is 346 g/mol. The van der Waals surface area contributed by atoms with Crippen molar-refractivity contribution in [3.8, 4) is 23.7 Å². The topological polar surface area (TPSA) is 109 Å². The van der Waals surface area contributed by atoms with Gasteiger partial charge in [-0.25, -0.2) is 0 Å². The Labute approximate surface area is 151 Å². The number of carbonyl (C=O) groups excluding carboxylic acids is 1. The predicted molar refractivity (Wildman–Crippen MR) is 93.4 cm³/mol. The summed E-state index contributed by atoms with van der Waals surface area (Å²) in [5, 5.41) is 32.1. The van der Waals surface area contributed by atoms with Gasteiger partial charge in [0.1, 0.15) is 17.7 Å². The van der Waals surface area contributed by atoms with Gasteiger partial charge in [0.2, 0.25) is 5.78 Å². The van der Waals surface area contributed by atoms with Crippen LogP contribution in [0.4, 0.5) is 0 Å². The highest BCUT2D eigenvalue weighted by Gasteiger charge is 2.27. The van der Waals surface area contributed by atoms with Crippen molar-refractivity contribution in [2.24, 2.45) is 0 Å². The van der Waals surface area contributed by atoms with Crippen molar-refractivity contribution in [3.05, 3.63) is 52.7 Å². The second kappa shape index (κ2) is 7.69. The van der Waals surface area contributed by atoms with E-state index in [1.165, 1.54) is 49.1 Å². The van der Waals surface area contributed by atoms with E-state index in [2.05, 4.69) is 5.32 Å². The molecular formula is C20H18N4O2. The minimum atomic E-state index is -0.402. The number of ketones is 1. The van der Waals surface area contributed by atoms with Gasteiger partial charge in [-0.1, -0.05) is 12.1 Å². The Morgan fingerprint density at radius 3 is 2.42 bits per heavy atom. The van der Waals surface area contributed by atoms with Crippen LogP contribution in [0.3, 0.4) is 0 Å². The van der Waals surface area contributed by atoms with Crippen LogP contribution < -0.4 is 10.4 Å². The highest BCUT2D eigenvalue weighted by Crippen LogP contribution is 2.35. The Morgan fingerprint density at radius 2 is 1.85 bits per heavy atom. The summed E-state index contributed by atoms with van der Waals surface area (Å²) in [7, 11) is 0. The Bertz CT molecular complexity index is 926. The molecule has 0 radical (unpaired) electrons. The Kier molecular flexibility index (Phi) is 5.17. The summed E-state index contributed by atoms with van der Waals surface area (Å²) in [5.41, 5.74) is 1.27. The molecule has 2 N–H and O–H groups in total. The molecule has 2 aliphatic heterocycles. The predicted octanol–water partition coefficient (Wildman–Crippen LogP) is 1.26. The summed E-state index contributed by atoms with van der Waals surface area (Å²) in [6, 6.07) is 11.6. The molecule has 2 aliphatic rings. The number of quaternary nitrogens is 1. The number of allylic oxidation sites excluding steroid dienone is 1. The third kappa shape index (κ3) is 3.23. The maximum atomic E-state index is 12.3. The minimum absolute atomic E-state index is 0.168. The molecule has 6 heteroatoms. The average molecular weight is 346 g/mol. The van der Waals surface area contributed by atoms with E-state index in [0.29, 0.717) is 11.3 Å². The third-order valence-corrected chi connectivity index (χ3v) is 4.46. The van der Waals surface area contributed by atoms with Crippen molar-refractivity contribution in [3.63, 3.8) is 0 Å². The van der Waals surface area contributed by atoms with Crippen molar-refractivity contribution in [1.29, 1.82) is 10.5 Å². The molecule has 0 aliphatic carbocycles. The molecule has 0 amide bonds. The van der Waals surface area contributed by atoms with Gasteiger partial charge in [0, 0.05) is 5.56 Å². The summed E-state index contributed by atoms with van der Waals surface area (Å²) < 4.78 is 1.32. The highest BCUT2D eigenvalue weighted by atomic mass is 16.3. The lowest BCUT2D eigenvalue weighted by Gasteiger charge is -2.12. The van der Waals surface area contributed by atoms with E-state index in [1.807, 2.05) is 0 Å². The van der Waals surface area contributed by atoms with E-state index in [1.54, 1.807) is 36.4 Å². The summed E-state index contributed by atoms with van der Waals surface area (Å²) in [6.45, 7) is 2.75. The Hall–Kier alpha value is -3.35. The van der Waals surface area contributed by atoms with Crippen LogP contribution in [-0.2, 0) is 0 Å². The van der Waals surface area contributed by atoms with E-state index < -0.39 is 5.88 Å². The molecule has 0 bridgehead atoms. The average Bonchev–Trinajstić information content (AvgIpc) is 3.17. The van der Waals surface area contributed by atoms with Gasteiger partial charge in [-0.15, -0.1) is 0 Å². The van der Waals surface area contributed by atoms with E-state index in [0.717, 1.165) is 0 Å². The number of hydrogen-bond donors (Lipinski definition) is 1. The number of piperidine rings is 1. The van der Waals surface area contributed by atoms with E-state index >= 15 is 0 Å². The van der Waals surface area contributed by atoms with Crippen LogP contribution in [-0.4, -0.2) is 23.4 Å². The molecule has 1 aromatic carbocycles. The Balaban J connectivity index is 0.000000278. The molecule has 0 saturated carbocycles. The van der Waals surface area contributed by atoms with Crippen LogP contribution in [0.2, 0.25) is 0 Å². The zero-order valence-electron chi connectivity index (χ0n) is 14.2. The number of nitriles is 2. The van der Waals surface area contributed by atoms with Crippen LogP contribution >= 0.6 is 0 Å². The molecule has 1 saturated heterocycles. The van der Waals surface area contributed by atoms with Gasteiger partial charge < -0.3 is 15.0 Å². The van der Waals surface area contributed by atoms with E-state index in [-0.39, 0.29) is 22.6 Å². The first-order chi connectivity index (χ1) is 12.7. The summed E-state index contributed by atoms with van der Waals surface area (Å²) >= 11 is 0. The third-order valence-electron chi connectivity index (χ3n) is 4.46. The van der Waals surface area contributed by atoms with Crippen molar-refractivity contribution >= 4 is 11.9 Å². The SMILES string of the molecule is C1CC[NH2+]CC1.N#CC(C#N)=Cc1cc2n(c1[O-])-c1ccccc1C2=O. The second-order valence-corrected chi connectivity index (χ2v) is 6.18.